The lowest BCUT2D eigenvalue weighted by atomic mass is 9.75. The molecule has 10 heteroatoms. The minimum atomic E-state index is -4.81. The predicted molar refractivity (Wildman–Crippen MR) is 87.1 cm³/mol. The molecule has 7 nitrogen and oxygen atoms in total. The van der Waals surface area contributed by atoms with Crippen LogP contribution in [0.3, 0.4) is 0 Å². The van der Waals surface area contributed by atoms with Gasteiger partial charge in [0, 0.05) is 5.57 Å². The third-order valence-corrected chi connectivity index (χ3v) is 4.06. The summed E-state index contributed by atoms with van der Waals surface area (Å²) >= 11 is 0. The molecule has 0 bridgehead atoms. The van der Waals surface area contributed by atoms with Crippen LogP contribution < -0.4 is 4.74 Å². The van der Waals surface area contributed by atoms with Crippen molar-refractivity contribution >= 4 is 17.9 Å². The van der Waals surface area contributed by atoms with E-state index in [1.54, 1.807) is 0 Å². The molecule has 0 atom stereocenters. The van der Waals surface area contributed by atoms with E-state index in [-0.39, 0.29) is 5.57 Å². The van der Waals surface area contributed by atoms with Gasteiger partial charge in [-0.2, -0.15) is 0 Å². The second-order valence-corrected chi connectivity index (χ2v) is 6.14. The Morgan fingerprint density at radius 3 is 2.21 bits per heavy atom. The second kappa shape index (κ2) is 8.32. The lowest BCUT2D eigenvalue weighted by Crippen LogP contribution is -2.39. The summed E-state index contributed by atoms with van der Waals surface area (Å²) in [6.07, 6.45) is -3.63. The average Bonchev–Trinajstić information content (AvgIpc) is 2.55. The average molecular weight is 402 g/mol. The number of carboxylic acid groups (broad SMARTS) is 1. The smallest absolute Gasteiger partial charge is 0.479 e. The van der Waals surface area contributed by atoms with Crippen molar-refractivity contribution in [2.45, 2.75) is 37.6 Å². The van der Waals surface area contributed by atoms with E-state index >= 15 is 0 Å². The van der Waals surface area contributed by atoms with E-state index in [1.807, 2.05) is 0 Å². The Bertz CT molecular complexity index is 764. The molecule has 152 valence electrons. The van der Waals surface area contributed by atoms with Crippen LogP contribution in [0.25, 0.3) is 0 Å². The molecule has 28 heavy (non-hydrogen) atoms. The molecule has 0 aromatic heterocycles. The summed E-state index contributed by atoms with van der Waals surface area (Å²) in [5, 5.41) is 8.46. The van der Waals surface area contributed by atoms with Gasteiger partial charge in [0.1, 0.15) is 11.4 Å². The van der Waals surface area contributed by atoms with Crippen LogP contribution in [0.1, 0.15) is 31.2 Å². The first kappa shape index (κ1) is 21.3. The largest absolute Gasteiger partial charge is 0.573 e. The topological polar surface area (TPSA) is 99.1 Å². The first-order valence-electron chi connectivity index (χ1n) is 8.15. The maximum Gasteiger partial charge on any atom is 0.573 e. The Morgan fingerprint density at radius 1 is 1.14 bits per heavy atom. The molecule has 1 N–H and O–H groups in total. The van der Waals surface area contributed by atoms with Crippen molar-refractivity contribution in [1.29, 1.82) is 0 Å². The van der Waals surface area contributed by atoms with Crippen LogP contribution >= 0.6 is 0 Å². The van der Waals surface area contributed by atoms with Crippen molar-refractivity contribution in [2.75, 3.05) is 6.61 Å². The first-order chi connectivity index (χ1) is 13.0. The molecule has 0 saturated heterocycles. The van der Waals surface area contributed by atoms with Gasteiger partial charge in [-0.05, 0) is 37.0 Å². The molecule has 1 aliphatic rings. The third-order valence-electron chi connectivity index (χ3n) is 4.06. The number of hydrogen-bond acceptors (Lipinski definition) is 6. The standard InChI is InChI=1S/C18H17F3O7/c1-11(16(25)26-10-14(22)23)9-15(24)28-17(7-2-8-17)12-3-5-13(6-4-12)27-18(19,20)21/h3-6H,1-2,7-10H2,(H,22,23). The SMILES string of the molecule is C=C(CC(=O)OC1(c2ccc(OC(F)(F)F)cc2)CCC1)C(=O)OCC(=O)O. The maximum atomic E-state index is 12.2. The van der Waals surface area contributed by atoms with Crippen LogP contribution in [0.15, 0.2) is 36.4 Å². The Labute approximate surface area is 157 Å². The highest BCUT2D eigenvalue weighted by Crippen LogP contribution is 2.45. The zero-order valence-electron chi connectivity index (χ0n) is 14.6. The highest BCUT2D eigenvalue weighted by Gasteiger charge is 2.43. The zero-order valence-corrected chi connectivity index (χ0v) is 14.6. The van der Waals surface area contributed by atoms with Crippen LogP contribution in [-0.2, 0) is 29.5 Å². The van der Waals surface area contributed by atoms with E-state index in [9.17, 15) is 27.6 Å². The first-order valence-corrected chi connectivity index (χ1v) is 8.15. The summed E-state index contributed by atoms with van der Waals surface area (Å²) in [5.74, 6) is -3.56. The Kier molecular flexibility index (Phi) is 6.32. The number of ether oxygens (including phenoxy) is 3. The fourth-order valence-electron chi connectivity index (χ4n) is 2.64. The quantitative estimate of drug-likeness (QED) is 0.527. The normalized spacial score (nSPS) is 15.1. The summed E-state index contributed by atoms with van der Waals surface area (Å²) in [4.78, 5) is 34.1. The van der Waals surface area contributed by atoms with Gasteiger partial charge in [0.25, 0.3) is 0 Å². The lowest BCUT2D eigenvalue weighted by molar-refractivity contribution is -0.274. The summed E-state index contributed by atoms with van der Waals surface area (Å²) < 4.78 is 50.4. The molecule has 0 amide bonds. The molecule has 1 aromatic rings. The van der Waals surface area contributed by atoms with E-state index in [4.69, 9.17) is 9.84 Å². The van der Waals surface area contributed by atoms with Crippen LogP contribution in [0.5, 0.6) is 5.75 Å². The van der Waals surface area contributed by atoms with Gasteiger partial charge in [-0.3, -0.25) is 4.79 Å². The number of carboxylic acids is 1. The van der Waals surface area contributed by atoms with E-state index in [0.717, 1.165) is 18.6 Å². The number of halogens is 3. The number of carbonyl (C=O) groups is 3. The number of aliphatic carboxylic acids is 1. The number of hydrogen-bond donors (Lipinski definition) is 1. The monoisotopic (exact) mass is 402 g/mol. The summed E-state index contributed by atoms with van der Waals surface area (Å²) in [7, 11) is 0. The predicted octanol–water partition coefficient (Wildman–Crippen LogP) is 3.08. The van der Waals surface area contributed by atoms with Crippen LogP contribution in [0.4, 0.5) is 13.2 Å². The van der Waals surface area contributed by atoms with Crippen LogP contribution in [0, 0.1) is 0 Å². The number of esters is 2. The molecular weight excluding hydrogens is 385 g/mol. The van der Waals surface area contributed by atoms with Crippen molar-refractivity contribution in [3.8, 4) is 5.75 Å². The van der Waals surface area contributed by atoms with Crippen molar-refractivity contribution in [3.05, 3.63) is 42.0 Å². The molecule has 0 radical (unpaired) electrons. The molecular formula is C18H17F3O7. The highest BCUT2D eigenvalue weighted by atomic mass is 19.4. The molecule has 0 spiro atoms. The zero-order chi connectivity index (χ0) is 20.9. The molecule has 0 heterocycles. The summed E-state index contributed by atoms with van der Waals surface area (Å²) in [6, 6.07) is 5.00. The fourth-order valence-corrected chi connectivity index (χ4v) is 2.64. The van der Waals surface area contributed by atoms with Gasteiger partial charge in [-0.15, -0.1) is 13.2 Å². The number of alkyl halides is 3. The molecule has 1 aromatic carbocycles. The van der Waals surface area contributed by atoms with Gasteiger partial charge in [-0.25, -0.2) is 9.59 Å². The third kappa shape index (κ3) is 5.73. The maximum absolute atomic E-state index is 12.2. The number of benzene rings is 1. The summed E-state index contributed by atoms with van der Waals surface area (Å²) in [5.41, 5.74) is -0.769. The van der Waals surface area contributed by atoms with Crippen molar-refractivity contribution in [3.63, 3.8) is 0 Å². The van der Waals surface area contributed by atoms with Gasteiger partial charge in [0.05, 0.1) is 6.42 Å². The Morgan fingerprint density at radius 2 is 1.75 bits per heavy atom. The van der Waals surface area contributed by atoms with Crippen molar-refractivity contribution < 1.29 is 46.9 Å². The lowest BCUT2D eigenvalue weighted by Gasteiger charge is -2.41. The van der Waals surface area contributed by atoms with Crippen LogP contribution in [-0.4, -0.2) is 36.0 Å². The van der Waals surface area contributed by atoms with Gasteiger partial charge in [0.15, 0.2) is 6.61 Å². The molecule has 1 fully saturated rings. The van der Waals surface area contributed by atoms with E-state index in [0.29, 0.717) is 18.4 Å². The second-order valence-electron chi connectivity index (χ2n) is 6.14. The fraction of sp³-hybridized carbons (Fsp3) is 0.389. The molecule has 1 saturated carbocycles. The van der Waals surface area contributed by atoms with E-state index in [1.165, 1.54) is 12.1 Å². The van der Waals surface area contributed by atoms with Gasteiger partial charge in [0.2, 0.25) is 0 Å². The molecule has 0 unspecified atom stereocenters. The molecule has 2 rings (SSSR count). The van der Waals surface area contributed by atoms with Crippen LogP contribution in [0.2, 0.25) is 0 Å². The van der Waals surface area contributed by atoms with Crippen molar-refractivity contribution in [2.24, 2.45) is 0 Å². The number of rotatable bonds is 8. The van der Waals surface area contributed by atoms with E-state index < -0.39 is 48.6 Å². The van der Waals surface area contributed by atoms with E-state index in [2.05, 4.69) is 16.1 Å². The minimum Gasteiger partial charge on any atom is -0.479 e. The van der Waals surface area contributed by atoms with Gasteiger partial charge < -0.3 is 19.3 Å². The Hall–Kier alpha value is -3.04. The molecule has 1 aliphatic carbocycles. The van der Waals surface area contributed by atoms with Gasteiger partial charge >= 0.3 is 24.3 Å². The Balaban J connectivity index is 1.98. The highest BCUT2D eigenvalue weighted by molar-refractivity contribution is 5.94. The van der Waals surface area contributed by atoms with Gasteiger partial charge in [-0.1, -0.05) is 18.7 Å². The number of carbonyl (C=O) groups excluding carboxylic acids is 2. The van der Waals surface area contributed by atoms with Crippen molar-refractivity contribution in [1.82, 2.24) is 0 Å². The molecule has 0 aliphatic heterocycles. The minimum absolute atomic E-state index is 0.269. The summed E-state index contributed by atoms with van der Waals surface area (Å²) in [6.45, 7) is 2.52.